The molecule has 0 aliphatic heterocycles. The molecule has 0 aliphatic carbocycles. The number of alkyl halides is 3. The van der Waals surface area contributed by atoms with Gasteiger partial charge in [0, 0.05) is 18.4 Å². The van der Waals surface area contributed by atoms with E-state index in [1.807, 2.05) is 62.3 Å². The number of pyridine rings is 1. The number of nitrogens with zero attached hydrogens (tertiary/aromatic N) is 2. The number of hydrogen-bond acceptors (Lipinski definition) is 3. The third-order valence-corrected chi connectivity index (χ3v) is 5.78. The van der Waals surface area contributed by atoms with Gasteiger partial charge in [0.05, 0.1) is 22.2 Å². The Kier molecular flexibility index (Phi) is 7.21. The van der Waals surface area contributed by atoms with Crippen molar-refractivity contribution in [3.05, 3.63) is 88.7 Å². The zero-order valence-electron chi connectivity index (χ0n) is 17.8. The second kappa shape index (κ2) is 9.71. The molecule has 0 saturated heterocycles. The summed E-state index contributed by atoms with van der Waals surface area (Å²) in [6.07, 6.45) is -1.23. The van der Waals surface area contributed by atoms with Gasteiger partial charge in [-0.15, -0.1) is 0 Å². The number of amides is 1. The van der Waals surface area contributed by atoms with E-state index in [0.717, 1.165) is 22.8 Å². The lowest BCUT2D eigenvalue weighted by molar-refractivity contribution is -0.137. The molecule has 0 fully saturated rings. The number of benzene rings is 2. The van der Waals surface area contributed by atoms with Crippen molar-refractivity contribution in [3.63, 3.8) is 0 Å². The first-order chi connectivity index (χ1) is 15.1. The third-order valence-electron chi connectivity index (χ3n) is 5.37. The van der Waals surface area contributed by atoms with E-state index in [1.165, 1.54) is 12.1 Å². The van der Waals surface area contributed by atoms with Crippen LogP contribution in [0.15, 0.2) is 67.0 Å². The molecule has 3 aromatic rings. The fourth-order valence-electron chi connectivity index (χ4n) is 3.37. The van der Waals surface area contributed by atoms with Gasteiger partial charge >= 0.3 is 6.18 Å². The van der Waals surface area contributed by atoms with E-state index in [0.29, 0.717) is 0 Å². The van der Waals surface area contributed by atoms with E-state index in [-0.39, 0.29) is 11.6 Å². The average Bonchev–Trinajstić information content (AvgIpc) is 2.76. The van der Waals surface area contributed by atoms with Crippen LogP contribution in [0, 0.1) is 0 Å². The molecule has 1 aromatic heterocycles. The van der Waals surface area contributed by atoms with Crippen LogP contribution in [0.4, 0.5) is 13.2 Å². The summed E-state index contributed by atoms with van der Waals surface area (Å²) in [6, 6.07) is 14.0. The van der Waals surface area contributed by atoms with E-state index in [4.69, 9.17) is 11.6 Å². The molecule has 0 aliphatic rings. The van der Waals surface area contributed by atoms with Crippen LogP contribution in [0.2, 0.25) is 5.02 Å². The minimum absolute atomic E-state index is 0.160. The fraction of sp³-hybridized carbons (Fsp3) is 0.250. The lowest BCUT2D eigenvalue weighted by atomic mass is 9.95. The highest BCUT2D eigenvalue weighted by molar-refractivity contribution is 6.34. The Morgan fingerprint density at radius 1 is 1.06 bits per heavy atom. The van der Waals surface area contributed by atoms with Gasteiger partial charge in [-0.3, -0.25) is 9.78 Å². The number of nitrogens with one attached hydrogen (secondary N) is 1. The molecule has 2 aromatic carbocycles. The van der Waals surface area contributed by atoms with Crippen molar-refractivity contribution in [2.75, 3.05) is 14.1 Å². The zero-order chi connectivity index (χ0) is 23.5. The topological polar surface area (TPSA) is 45.2 Å². The van der Waals surface area contributed by atoms with Gasteiger partial charge in [-0.1, -0.05) is 41.9 Å². The van der Waals surface area contributed by atoms with Crippen LogP contribution in [0.25, 0.3) is 11.1 Å². The van der Waals surface area contributed by atoms with E-state index in [2.05, 4.69) is 10.3 Å². The van der Waals surface area contributed by atoms with Crippen LogP contribution in [-0.4, -0.2) is 35.9 Å². The summed E-state index contributed by atoms with van der Waals surface area (Å²) in [5.74, 6) is -0.674. The van der Waals surface area contributed by atoms with Crippen molar-refractivity contribution < 1.29 is 18.0 Å². The Labute approximate surface area is 190 Å². The Balaban J connectivity index is 1.98. The normalized spacial score (nSPS) is 13.6. The first-order valence-corrected chi connectivity index (χ1v) is 10.3. The van der Waals surface area contributed by atoms with Gasteiger partial charge in [-0.25, -0.2) is 0 Å². The van der Waals surface area contributed by atoms with Crippen LogP contribution in [0.3, 0.4) is 0 Å². The van der Waals surface area contributed by atoms with Crippen molar-refractivity contribution in [1.29, 1.82) is 0 Å². The molecule has 32 heavy (non-hydrogen) atoms. The largest absolute Gasteiger partial charge is 0.417 e. The van der Waals surface area contributed by atoms with Crippen molar-refractivity contribution in [1.82, 2.24) is 15.2 Å². The number of aromatic nitrogens is 1. The van der Waals surface area contributed by atoms with E-state index < -0.39 is 28.7 Å². The second-order valence-corrected chi connectivity index (χ2v) is 8.07. The van der Waals surface area contributed by atoms with Crippen LogP contribution >= 0.6 is 11.6 Å². The summed E-state index contributed by atoms with van der Waals surface area (Å²) in [4.78, 5) is 19.1. The standard InChI is InChI=1S/C24H23ClF3N3O/c1-15(31(2)3)22(17-8-4-7-16(13-17)18-9-6-12-29-14-18)30-23(32)19-10-5-11-20(21(19)25)24(26,27)28/h4-15,22H,1-3H3,(H,30,32)/t15-,22+/m0/s1. The van der Waals surface area contributed by atoms with Crippen molar-refractivity contribution in [3.8, 4) is 11.1 Å². The minimum atomic E-state index is -4.65. The fourth-order valence-corrected chi connectivity index (χ4v) is 3.69. The number of halogens is 4. The Hall–Kier alpha value is -2.90. The van der Waals surface area contributed by atoms with Gasteiger partial charge in [0.15, 0.2) is 0 Å². The predicted octanol–water partition coefficient (Wildman–Crippen LogP) is 5.84. The zero-order valence-corrected chi connectivity index (χ0v) is 18.6. The lowest BCUT2D eigenvalue weighted by Gasteiger charge is -2.31. The van der Waals surface area contributed by atoms with Crippen LogP contribution < -0.4 is 5.32 Å². The van der Waals surface area contributed by atoms with Gasteiger partial charge in [-0.2, -0.15) is 13.2 Å². The predicted molar refractivity (Wildman–Crippen MR) is 119 cm³/mol. The maximum Gasteiger partial charge on any atom is 0.417 e. The van der Waals surface area contributed by atoms with Gasteiger partial charge in [0.1, 0.15) is 0 Å². The number of carbonyl (C=O) groups excluding carboxylic acids is 1. The highest BCUT2D eigenvalue weighted by Crippen LogP contribution is 2.36. The minimum Gasteiger partial charge on any atom is -0.344 e. The van der Waals surface area contributed by atoms with Gasteiger partial charge in [-0.05, 0) is 62.0 Å². The Morgan fingerprint density at radius 3 is 2.38 bits per heavy atom. The molecule has 2 atom stereocenters. The SMILES string of the molecule is C[C@@H]([C@@H](NC(=O)c1cccc(C(F)(F)F)c1Cl)c1cccc(-c2cccnc2)c1)N(C)C. The van der Waals surface area contributed by atoms with Gasteiger partial charge in [0.2, 0.25) is 0 Å². The summed E-state index contributed by atoms with van der Waals surface area (Å²) < 4.78 is 39.7. The van der Waals surface area contributed by atoms with E-state index >= 15 is 0 Å². The summed E-state index contributed by atoms with van der Waals surface area (Å²) in [6.45, 7) is 1.93. The number of rotatable bonds is 6. The van der Waals surface area contributed by atoms with E-state index in [1.54, 1.807) is 12.4 Å². The molecule has 8 heteroatoms. The molecule has 168 valence electrons. The number of hydrogen-bond donors (Lipinski definition) is 1. The molecule has 1 heterocycles. The molecule has 1 amide bonds. The first kappa shape index (κ1) is 23.8. The highest BCUT2D eigenvalue weighted by atomic mass is 35.5. The van der Waals surface area contributed by atoms with Crippen molar-refractivity contribution >= 4 is 17.5 Å². The molecule has 0 radical (unpaired) electrons. The number of carbonyl (C=O) groups is 1. The average molecular weight is 462 g/mol. The van der Waals surface area contributed by atoms with Crippen molar-refractivity contribution in [2.24, 2.45) is 0 Å². The molecule has 1 N–H and O–H groups in total. The summed E-state index contributed by atoms with van der Waals surface area (Å²) in [7, 11) is 3.73. The molecule has 0 bridgehead atoms. The van der Waals surface area contributed by atoms with Crippen molar-refractivity contribution in [2.45, 2.75) is 25.2 Å². The molecule has 3 rings (SSSR count). The smallest absolute Gasteiger partial charge is 0.344 e. The van der Waals surface area contributed by atoms with Crippen LogP contribution in [0.5, 0.6) is 0 Å². The third kappa shape index (κ3) is 5.29. The summed E-state index contributed by atoms with van der Waals surface area (Å²) in [5, 5.41) is 2.27. The highest BCUT2D eigenvalue weighted by Gasteiger charge is 2.35. The van der Waals surface area contributed by atoms with E-state index in [9.17, 15) is 18.0 Å². The first-order valence-electron chi connectivity index (χ1n) is 9.93. The Morgan fingerprint density at radius 2 is 1.75 bits per heavy atom. The molecule has 0 unspecified atom stereocenters. The second-order valence-electron chi connectivity index (χ2n) is 7.69. The van der Waals surface area contributed by atoms with Crippen LogP contribution in [-0.2, 0) is 6.18 Å². The molecule has 4 nitrogen and oxygen atoms in total. The molecule has 0 spiro atoms. The van der Waals surface area contributed by atoms with Crippen LogP contribution in [0.1, 0.15) is 34.5 Å². The summed E-state index contributed by atoms with van der Waals surface area (Å²) in [5.41, 5.74) is 1.38. The quantitative estimate of drug-likeness (QED) is 0.501. The Bertz CT molecular complexity index is 1090. The molecule has 0 saturated carbocycles. The lowest BCUT2D eigenvalue weighted by Crippen LogP contribution is -2.41. The summed E-state index contributed by atoms with van der Waals surface area (Å²) >= 11 is 5.97. The monoisotopic (exact) mass is 461 g/mol. The molecular formula is C24H23ClF3N3O. The molecular weight excluding hydrogens is 439 g/mol. The maximum atomic E-state index is 13.2. The van der Waals surface area contributed by atoms with Gasteiger partial charge < -0.3 is 10.2 Å². The van der Waals surface area contributed by atoms with Gasteiger partial charge in [0.25, 0.3) is 5.91 Å². The maximum absolute atomic E-state index is 13.2. The number of likely N-dealkylation sites (N-methyl/N-ethyl adjacent to an activating group) is 1.